The van der Waals surface area contributed by atoms with E-state index in [1.54, 1.807) is 0 Å². The first-order valence-electron chi connectivity index (χ1n) is 21.3. The number of phosphoric acid groups is 1. The number of ether oxygens (including phenoxy) is 2. The van der Waals surface area contributed by atoms with Crippen LogP contribution in [0.4, 0.5) is 0 Å². The summed E-state index contributed by atoms with van der Waals surface area (Å²) in [6.07, 6.45) is 47.8. The second kappa shape index (κ2) is 37.7. The van der Waals surface area contributed by atoms with E-state index in [9.17, 15) is 19.0 Å². The minimum Gasteiger partial charge on any atom is -0.462 e. The Morgan fingerprint density at radius 2 is 1.02 bits per heavy atom. The Morgan fingerprint density at radius 1 is 0.571 bits per heavy atom. The van der Waals surface area contributed by atoms with E-state index < -0.39 is 32.5 Å². The molecule has 0 aromatic carbocycles. The van der Waals surface area contributed by atoms with Crippen LogP contribution in [0.1, 0.15) is 142 Å². The third-order valence-electron chi connectivity index (χ3n) is 8.41. The molecule has 0 aliphatic carbocycles. The van der Waals surface area contributed by atoms with Crippen LogP contribution in [0.25, 0.3) is 0 Å². The highest BCUT2D eigenvalue weighted by Gasteiger charge is 2.27. The highest BCUT2D eigenvalue weighted by Crippen LogP contribution is 2.43. The van der Waals surface area contributed by atoms with Crippen molar-refractivity contribution in [1.29, 1.82) is 0 Å². The third-order valence-corrected chi connectivity index (χ3v) is 9.39. The number of phosphoric ester groups is 1. The number of esters is 2. The molecule has 0 aliphatic heterocycles. The van der Waals surface area contributed by atoms with Crippen molar-refractivity contribution in [2.45, 2.75) is 148 Å². The van der Waals surface area contributed by atoms with Gasteiger partial charge in [0.1, 0.15) is 19.8 Å². The van der Waals surface area contributed by atoms with Gasteiger partial charge in [-0.1, -0.05) is 125 Å². The van der Waals surface area contributed by atoms with Crippen molar-refractivity contribution >= 4 is 19.8 Å². The molecule has 0 bridgehead atoms. The van der Waals surface area contributed by atoms with Gasteiger partial charge in [-0.3, -0.25) is 18.6 Å². The molecule has 0 saturated heterocycles. The predicted octanol–water partition coefficient (Wildman–Crippen LogP) is 12.0. The Kier molecular flexibility index (Phi) is 35.9. The van der Waals surface area contributed by atoms with E-state index in [-0.39, 0.29) is 26.1 Å². The third kappa shape index (κ3) is 40.8. The van der Waals surface area contributed by atoms with Crippen LogP contribution in [0.15, 0.2) is 85.1 Å². The molecule has 0 rings (SSSR count). The highest BCUT2D eigenvalue weighted by molar-refractivity contribution is 7.47. The van der Waals surface area contributed by atoms with Crippen molar-refractivity contribution in [2.75, 3.05) is 47.5 Å². The van der Waals surface area contributed by atoms with Gasteiger partial charge in [-0.25, -0.2) is 4.57 Å². The van der Waals surface area contributed by atoms with Crippen LogP contribution >= 0.6 is 7.82 Å². The molecular formula is C46H79NO8P+. The maximum atomic E-state index is 12.7. The van der Waals surface area contributed by atoms with E-state index in [0.29, 0.717) is 23.9 Å². The minimum atomic E-state index is -4.40. The van der Waals surface area contributed by atoms with Gasteiger partial charge in [0.2, 0.25) is 0 Å². The zero-order chi connectivity index (χ0) is 41.4. The standard InChI is InChI=1S/C46H78NO8P/c1-6-8-10-12-14-16-18-20-22-23-25-26-28-30-32-34-36-38-45(48)52-42-44(43-54-56(50,51)53-41-40-47(3,4)5)55-46(49)39-37-35-33-31-29-27-24-21-19-17-15-13-11-9-7-2/h9,11,14-17,20-22,24-26,29,31,44H,6-8,10,12-13,18-19,23,27-28,30,32-43H2,1-5H3/p+1/b11-9-,16-14-,17-15-,22-20-,24-21-,26-25-,31-29-/t44-/m1/s1. The fourth-order valence-electron chi connectivity index (χ4n) is 5.07. The van der Waals surface area contributed by atoms with E-state index >= 15 is 0 Å². The molecular weight excluding hydrogens is 725 g/mol. The van der Waals surface area contributed by atoms with Crippen LogP contribution in [-0.4, -0.2) is 74.9 Å². The van der Waals surface area contributed by atoms with Crippen molar-refractivity contribution in [1.82, 2.24) is 0 Å². The highest BCUT2D eigenvalue weighted by atomic mass is 31.2. The monoisotopic (exact) mass is 805 g/mol. The van der Waals surface area contributed by atoms with Gasteiger partial charge in [-0.15, -0.1) is 0 Å². The number of rotatable bonds is 37. The number of carbonyl (C=O) groups is 2. The van der Waals surface area contributed by atoms with Gasteiger partial charge in [0.15, 0.2) is 6.10 Å². The SMILES string of the molecule is CC/C=C\C/C=C\C/C=C\C/C=C\CCCCC(=O)O[C@H](COC(=O)CCCCCC/C=C\C/C=C\C/C=C\CCCCC)COP(=O)(O)OCC[N+](C)(C)C. The topological polar surface area (TPSA) is 108 Å². The molecule has 0 radical (unpaired) electrons. The number of carbonyl (C=O) groups excluding carboxylic acids is 2. The summed E-state index contributed by atoms with van der Waals surface area (Å²) in [5.41, 5.74) is 0. The van der Waals surface area contributed by atoms with Gasteiger partial charge in [0.05, 0.1) is 27.7 Å². The first-order valence-corrected chi connectivity index (χ1v) is 22.8. The Labute approximate surface area is 341 Å². The lowest BCUT2D eigenvalue weighted by atomic mass is 10.1. The zero-order valence-electron chi connectivity index (χ0n) is 35.8. The molecule has 0 amide bonds. The molecule has 0 aliphatic rings. The number of unbranched alkanes of at least 4 members (excludes halogenated alkanes) is 9. The number of allylic oxidation sites excluding steroid dienone is 14. The number of nitrogens with zero attached hydrogens (tertiary/aromatic N) is 1. The molecule has 0 saturated carbocycles. The van der Waals surface area contributed by atoms with Crippen molar-refractivity contribution in [3.05, 3.63) is 85.1 Å². The van der Waals surface area contributed by atoms with Crippen molar-refractivity contribution in [2.24, 2.45) is 0 Å². The summed E-state index contributed by atoms with van der Waals surface area (Å²) < 4.78 is 34.2. The van der Waals surface area contributed by atoms with Crippen LogP contribution in [0.2, 0.25) is 0 Å². The average Bonchev–Trinajstić information content (AvgIpc) is 3.15. The normalized spacial score (nSPS) is 14.5. The van der Waals surface area contributed by atoms with E-state index in [1.165, 1.54) is 25.7 Å². The van der Waals surface area contributed by atoms with Gasteiger partial charge >= 0.3 is 19.8 Å². The first kappa shape index (κ1) is 53.2. The zero-order valence-corrected chi connectivity index (χ0v) is 36.7. The van der Waals surface area contributed by atoms with Crippen molar-refractivity contribution < 1.29 is 42.1 Å². The number of quaternary nitrogens is 1. The molecule has 0 spiro atoms. The van der Waals surface area contributed by atoms with E-state index in [2.05, 4.69) is 98.9 Å². The predicted molar refractivity (Wildman–Crippen MR) is 233 cm³/mol. The Bertz CT molecular complexity index is 1230. The van der Waals surface area contributed by atoms with E-state index in [0.717, 1.165) is 77.0 Å². The van der Waals surface area contributed by atoms with E-state index in [4.69, 9.17) is 18.5 Å². The molecule has 320 valence electrons. The van der Waals surface area contributed by atoms with Gasteiger partial charge < -0.3 is 18.9 Å². The van der Waals surface area contributed by atoms with E-state index in [1.807, 2.05) is 21.1 Å². The molecule has 0 heterocycles. The molecule has 0 fully saturated rings. The fraction of sp³-hybridized carbons (Fsp3) is 0.652. The number of hydrogen-bond donors (Lipinski definition) is 1. The van der Waals surface area contributed by atoms with Crippen molar-refractivity contribution in [3.8, 4) is 0 Å². The first-order chi connectivity index (χ1) is 27.0. The van der Waals surface area contributed by atoms with Gasteiger partial charge in [0.25, 0.3) is 0 Å². The average molecular weight is 805 g/mol. The second-order valence-corrected chi connectivity index (χ2v) is 16.4. The van der Waals surface area contributed by atoms with Gasteiger partial charge in [-0.2, -0.15) is 0 Å². The Hall–Kier alpha value is -2.81. The molecule has 2 atom stereocenters. The van der Waals surface area contributed by atoms with Crippen LogP contribution in [-0.2, 0) is 32.7 Å². The summed E-state index contributed by atoms with van der Waals surface area (Å²) in [5.74, 6) is -0.883. The summed E-state index contributed by atoms with van der Waals surface area (Å²) in [4.78, 5) is 35.3. The molecule has 1 unspecified atom stereocenters. The molecule has 0 aromatic heterocycles. The van der Waals surface area contributed by atoms with Crippen molar-refractivity contribution in [3.63, 3.8) is 0 Å². The quantitative estimate of drug-likeness (QED) is 0.0217. The molecule has 1 N–H and O–H groups in total. The molecule has 9 nitrogen and oxygen atoms in total. The number of hydrogen-bond acceptors (Lipinski definition) is 7. The Morgan fingerprint density at radius 3 is 1.54 bits per heavy atom. The molecule has 0 aromatic rings. The molecule has 10 heteroatoms. The molecule has 56 heavy (non-hydrogen) atoms. The maximum Gasteiger partial charge on any atom is 0.472 e. The Balaban J connectivity index is 4.51. The van der Waals surface area contributed by atoms with Crippen LogP contribution in [0.3, 0.4) is 0 Å². The summed E-state index contributed by atoms with van der Waals surface area (Å²) in [7, 11) is 1.42. The minimum absolute atomic E-state index is 0.0149. The summed E-state index contributed by atoms with van der Waals surface area (Å²) in [6, 6.07) is 0. The lowest BCUT2D eigenvalue weighted by molar-refractivity contribution is -0.870. The largest absolute Gasteiger partial charge is 0.472 e. The summed E-state index contributed by atoms with van der Waals surface area (Å²) in [5, 5.41) is 0. The van der Waals surface area contributed by atoms with Gasteiger partial charge in [-0.05, 0) is 89.9 Å². The smallest absolute Gasteiger partial charge is 0.462 e. The van der Waals surface area contributed by atoms with Crippen LogP contribution < -0.4 is 0 Å². The lowest BCUT2D eigenvalue weighted by Crippen LogP contribution is -2.37. The maximum absolute atomic E-state index is 12.7. The van der Waals surface area contributed by atoms with Crippen LogP contribution in [0, 0.1) is 0 Å². The summed E-state index contributed by atoms with van der Waals surface area (Å²) in [6.45, 7) is 4.17. The second-order valence-electron chi connectivity index (χ2n) is 15.0. The summed E-state index contributed by atoms with van der Waals surface area (Å²) >= 11 is 0. The fourth-order valence-corrected chi connectivity index (χ4v) is 5.81. The van der Waals surface area contributed by atoms with Gasteiger partial charge in [0, 0.05) is 12.8 Å². The van der Waals surface area contributed by atoms with Crippen LogP contribution in [0.5, 0.6) is 0 Å². The lowest BCUT2D eigenvalue weighted by Gasteiger charge is -2.24. The number of likely N-dealkylation sites (N-methyl/N-ethyl adjacent to an activating group) is 1.